The highest BCUT2D eigenvalue weighted by Crippen LogP contribution is 2.14. The van der Waals surface area contributed by atoms with Gasteiger partial charge in [0.25, 0.3) is 0 Å². The summed E-state index contributed by atoms with van der Waals surface area (Å²) in [4.78, 5) is 13.0. The third-order valence-corrected chi connectivity index (χ3v) is 3.99. The highest BCUT2D eigenvalue weighted by Gasteiger charge is 2.23. The largest absolute Gasteiger partial charge is 0.344 e. The van der Waals surface area contributed by atoms with Gasteiger partial charge in [-0.15, -0.1) is 0 Å². The normalized spacial score (nSPS) is 12.6. The SMILES string of the molecule is CCS(=O)(=O)CC(=O)N(C)CC(C)(C)CN. The third-order valence-electron chi connectivity index (χ3n) is 2.43. The van der Waals surface area contributed by atoms with Gasteiger partial charge in [-0.2, -0.15) is 0 Å². The molecule has 0 atom stereocenters. The molecular formula is C10H22N2O3S. The summed E-state index contributed by atoms with van der Waals surface area (Å²) in [6.45, 7) is 6.31. The average molecular weight is 250 g/mol. The van der Waals surface area contributed by atoms with Crippen LogP contribution in [0.3, 0.4) is 0 Å². The van der Waals surface area contributed by atoms with Crippen molar-refractivity contribution in [2.24, 2.45) is 11.1 Å². The molecule has 0 aliphatic heterocycles. The second-order valence-corrected chi connectivity index (χ2v) is 7.15. The molecule has 0 saturated carbocycles. The molecule has 0 rings (SSSR count). The van der Waals surface area contributed by atoms with Crippen LogP contribution in [0, 0.1) is 5.41 Å². The smallest absolute Gasteiger partial charge is 0.237 e. The Morgan fingerprint density at radius 1 is 1.38 bits per heavy atom. The predicted octanol–water partition coefficient (Wildman–Crippen LogP) is -0.136. The zero-order valence-corrected chi connectivity index (χ0v) is 11.3. The maximum absolute atomic E-state index is 11.6. The zero-order chi connectivity index (χ0) is 13.0. The molecule has 16 heavy (non-hydrogen) atoms. The van der Waals surface area contributed by atoms with Crippen molar-refractivity contribution in [1.82, 2.24) is 4.90 Å². The highest BCUT2D eigenvalue weighted by molar-refractivity contribution is 7.92. The van der Waals surface area contributed by atoms with Gasteiger partial charge in [0.1, 0.15) is 5.75 Å². The minimum atomic E-state index is -3.25. The Hall–Kier alpha value is -0.620. The second-order valence-electron chi connectivity index (χ2n) is 4.79. The molecule has 0 aromatic heterocycles. The molecule has 1 amide bonds. The first kappa shape index (κ1) is 15.4. The van der Waals surface area contributed by atoms with Crippen molar-refractivity contribution in [2.45, 2.75) is 20.8 Å². The molecule has 96 valence electrons. The summed E-state index contributed by atoms with van der Waals surface area (Å²) >= 11 is 0. The first-order chi connectivity index (χ1) is 7.13. The molecule has 0 aliphatic carbocycles. The Balaban J connectivity index is 4.42. The number of carbonyl (C=O) groups is 1. The van der Waals surface area contributed by atoms with Crippen LogP contribution in [0.1, 0.15) is 20.8 Å². The number of hydrogen-bond donors (Lipinski definition) is 1. The van der Waals surface area contributed by atoms with Crippen molar-refractivity contribution in [2.75, 3.05) is 31.6 Å². The van der Waals surface area contributed by atoms with Gasteiger partial charge in [-0.3, -0.25) is 4.79 Å². The molecule has 0 spiro atoms. The quantitative estimate of drug-likeness (QED) is 0.712. The number of amides is 1. The third kappa shape index (κ3) is 5.46. The lowest BCUT2D eigenvalue weighted by atomic mass is 9.93. The molecule has 0 aromatic rings. The topological polar surface area (TPSA) is 80.5 Å². The van der Waals surface area contributed by atoms with E-state index in [0.29, 0.717) is 13.1 Å². The molecule has 5 nitrogen and oxygen atoms in total. The maximum Gasteiger partial charge on any atom is 0.237 e. The van der Waals surface area contributed by atoms with E-state index in [9.17, 15) is 13.2 Å². The molecule has 0 aliphatic rings. The Morgan fingerprint density at radius 2 is 1.88 bits per heavy atom. The van der Waals surface area contributed by atoms with Gasteiger partial charge >= 0.3 is 0 Å². The van der Waals surface area contributed by atoms with Crippen molar-refractivity contribution in [3.05, 3.63) is 0 Å². The Morgan fingerprint density at radius 3 is 2.25 bits per heavy atom. The van der Waals surface area contributed by atoms with E-state index >= 15 is 0 Å². The van der Waals surface area contributed by atoms with Crippen molar-refractivity contribution < 1.29 is 13.2 Å². The lowest BCUT2D eigenvalue weighted by Gasteiger charge is -2.28. The number of rotatable bonds is 6. The fourth-order valence-corrected chi connectivity index (χ4v) is 2.00. The molecule has 0 bridgehead atoms. The minimum Gasteiger partial charge on any atom is -0.344 e. The first-order valence-corrected chi connectivity index (χ1v) is 7.10. The van der Waals surface area contributed by atoms with Crippen molar-refractivity contribution in [1.29, 1.82) is 0 Å². The molecule has 0 heterocycles. The molecule has 0 radical (unpaired) electrons. The summed E-state index contributed by atoms with van der Waals surface area (Å²) in [5, 5.41) is 0. The maximum atomic E-state index is 11.6. The Labute approximate surface area is 97.9 Å². The number of nitrogens with zero attached hydrogens (tertiary/aromatic N) is 1. The van der Waals surface area contributed by atoms with Gasteiger partial charge < -0.3 is 10.6 Å². The molecule has 0 fully saturated rings. The van der Waals surface area contributed by atoms with Gasteiger partial charge in [0.2, 0.25) is 5.91 Å². The van der Waals surface area contributed by atoms with E-state index in [4.69, 9.17) is 5.73 Å². The predicted molar refractivity (Wildman–Crippen MR) is 64.8 cm³/mol. The van der Waals surface area contributed by atoms with Gasteiger partial charge in [-0.1, -0.05) is 20.8 Å². The number of hydrogen-bond acceptors (Lipinski definition) is 4. The molecule has 0 saturated heterocycles. The van der Waals surface area contributed by atoms with E-state index in [1.165, 1.54) is 11.8 Å². The number of sulfone groups is 1. The summed E-state index contributed by atoms with van der Waals surface area (Å²) in [6, 6.07) is 0. The number of carbonyl (C=O) groups excluding carboxylic acids is 1. The van der Waals surface area contributed by atoms with Crippen LogP contribution in [0.5, 0.6) is 0 Å². The van der Waals surface area contributed by atoms with Crippen LogP contribution in [0.15, 0.2) is 0 Å². The van der Waals surface area contributed by atoms with Crippen LogP contribution in [-0.2, 0) is 14.6 Å². The Bertz CT molecular complexity index is 336. The van der Waals surface area contributed by atoms with E-state index in [0.717, 1.165) is 0 Å². The van der Waals surface area contributed by atoms with Crippen molar-refractivity contribution >= 4 is 15.7 Å². The van der Waals surface area contributed by atoms with Crippen molar-refractivity contribution in [3.8, 4) is 0 Å². The summed E-state index contributed by atoms with van der Waals surface area (Å²) in [7, 11) is -1.65. The molecule has 0 aromatic carbocycles. The van der Waals surface area contributed by atoms with Crippen molar-refractivity contribution in [3.63, 3.8) is 0 Å². The highest BCUT2D eigenvalue weighted by atomic mass is 32.2. The van der Waals surface area contributed by atoms with E-state index in [1.807, 2.05) is 13.8 Å². The monoisotopic (exact) mass is 250 g/mol. The summed E-state index contributed by atoms with van der Waals surface area (Å²) < 4.78 is 22.6. The van der Waals surface area contributed by atoms with Crippen LogP contribution in [0.25, 0.3) is 0 Å². The lowest BCUT2D eigenvalue weighted by molar-refractivity contribution is -0.128. The summed E-state index contributed by atoms with van der Waals surface area (Å²) in [5.41, 5.74) is 5.36. The fourth-order valence-electron chi connectivity index (χ4n) is 1.20. The summed E-state index contributed by atoms with van der Waals surface area (Å²) in [5.74, 6) is -0.795. The van der Waals surface area contributed by atoms with E-state index in [2.05, 4.69) is 0 Å². The van der Waals surface area contributed by atoms with Crippen LogP contribution in [-0.4, -0.2) is 50.9 Å². The molecule has 2 N–H and O–H groups in total. The van der Waals surface area contributed by atoms with Crippen LogP contribution < -0.4 is 5.73 Å². The van der Waals surface area contributed by atoms with E-state index in [-0.39, 0.29) is 17.1 Å². The average Bonchev–Trinajstić information content (AvgIpc) is 2.16. The second kappa shape index (κ2) is 5.63. The van der Waals surface area contributed by atoms with Crippen LogP contribution in [0.2, 0.25) is 0 Å². The standard InChI is InChI=1S/C10H22N2O3S/c1-5-16(14,15)6-9(13)12(4)8-10(2,3)7-11/h5-8,11H2,1-4H3. The van der Waals surface area contributed by atoms with E-state index in [1.54, 1.807) is 7.05 Å². The molecular weight excluding hydrogens is 228 g/mol. The van der Waals surface area contributed by atoms with Gasteiger partial charge in [0.15, 0.2) is 9.84 Å². The minimum absolute atomic E-state index is 0.00708. The molecule has 0 unspecified atom stereocenters. The number of nitrogens with two attached hydrogens (primary N) is 1. The van der Waals surface area contributed by atoms with Gasteiger partial charge in [-0.05, 0) is 12.0 Å². The van der Waals surface area contributed by atoms with Crippen LogP contribution >= 0.6 is 0 Å². The lowest BCUT2D eigenvalue weighted by Crippen LogP contribution is -2.42. The Kier molecular flexibility index (Phi) is 5.41. The van der Waals surface area contributed by atoms with Crippen LogP contribution in [0.4, 0.5) is 0 Å². The van der Waals surface area contributed by atoms with Gasteiger partial charge in [0.05, 0.1) is 0 Å². The summed E-state index contributed by atoms with van der Waals surface area (Å²) in [6.07, 6.45) is 0. The van der Waals surface area contributed by atoms with Gasteiger partial charge in [-0.25, -0.2) is 8.42 Å². The zero-order valence-electron chi connectivity index (χ0n) is 10.5. The van der Waals surface area contributed by atoms with Gasteiger partial charge in [0, 0.05) is 19.3 Å². The fraction of sp³-hybridized carbons (Fsp3) is 0.900. The molecule has 6 heteroatoms. The van der Waals surface area contributed by atoms with E-state index < -0.39 is 15.6 Å². The first-order valence-electron chi connectivity index (χ1n) is 5.28.